The maximum absolute atomic E-state index is 3.67. The average Bonchev–Trinajstić information content (AvgIpc) is 3.04. The number of H-pyrrole nitrogens is 1. The van der Waals surface area contributed by atoms with E-state index in [2.05, 4.69) is 58.5 Å². The van der Waals surface area contributed by atoms with Crippen LogP contribution in [0.25, 0.3) is 22.9 Å². The lowest BCUT2D eigenvalue weighted by Crippen LogP contribution is -1.76. The largest absolute Gasteiger partial charge is 0.351 e. The van der Waals surface area contributed by atoms with Crippen LogP contribution in [0.2, 0.25) is 0 Å². The van der Waals surface area contributed by atoms with Gasteiger partial charge in [0.1, 0.15) is 0 Å². The van der Waals surface area contributed by atoms with E-state index in [1.54, 1.807) is 18.7 Å². The molecule has 0 saturated carbocycles. The fourth-order valence-electron chi connectivity index (χ4n) is 2.07. The molecule has 2 aromatic carbocycles. The molecule has 0 radical (unpaired) electrons. The highest BCUT2D eigenvalue weighted by Gasteiger charge is 2.06. The van der Waals surface area contributed by atoms with Gasteiger partial charge in [0.25, 0.3) is 0 Å². The van der Waals surface area contributed by atoms with Crippen LogP contribution in [-0.4, -0.2) is 9.97 Å². The molecule has 0 atom stereocenters. The summed E-state index contributed by atoms with van der Waals surface area (Å²) in [5, 5.41) is 2.75. The third-order valence-electron chi connectivity index (χ3n) is 2.82. The SMILES string of the molecule is C1=Cc2cccc3cccc1c23.Cl.c1c[nH]cn1. The molecule has 1 heterocycles. The van der Waals surface area contributed by atoms with Crippen molar-refractivity contribution in [1.29, 1.82) is 0 Å². The van der Waals surface area contributed by atoms with Gasteiger partial charge in [-0.3, -0.25) is 0 Å². The molecular weight excluding hydrogens is 244 g/mol. The van der Waals surface area contributed by atoms with Gasteiger partial charge in [-0.15, -0.1) is 12.4 Å². The number of benzene rings is 2. The van der Waals surface area contributed by atoms with Crippen molar-refractivity contribution in [3.63, 3.8) is 0 Å². The van der Waals surface area contributed by atoms with Crippen LogP contribution in [0, 0.1) is 0 Å². The predicted molar refractivity (Wildman–Crippen MR) is 78.7 cm³/mol. The molecule has 1 aliphatic rings. The van der Waals surface area contributed by atoms with Gasteiger partial charge in [-0.25, -0.2) is 4.98 Å². The number of nitrogens with one attached hydrogen (secondary N) is 1. The lowest BCUT2D eigenvalue weighted by Gasteiger charge is -1.99. The van der Waals surface area contributed by atoms with Gasteiger partial charge >= 0.3 is 0 Å². The maximum atomic E-state index is 3.67. The summed E-state index contributed by atoms with van der Waals surface area (Å²) < 4.78 is 0. The Hall–Kier alpha value is -2.06. The Kier molecular flexibility index (Phi) is 3.80. The Labute approximate surface area is 112 Å². The van der Waals surface area contributed by atoms with Gasteiger partial charge in [0, 0.05) is 12.4 Å². The monoisotopic (exact) mass is 256 g/mol. The van der Waals surface area contributed by atoms with E-state index in [9.17, 15) is 0 Å². The van der Waals surface area contributed by atoms with Crippen molar-refractivity contribution < 1.29 is 0 Å². The minimum Gasteiger partial charge on any atom is -0.351 e. The van der Waals surface area contributed by atoms with E-state index < -0.39 is 0 Å². The van der Waals surface area contributed by atoms with Gasteiger partial charge in [-0.2, -0.15) is 0 Å². The van der Waals surface area contributed by atoms with Crippen LogP contribution in [0.5, 0.6) is 0 Å². The first-order valence-corrected chi connectivity index (χ1v) is 5.58. The Balaban J connectivity index is 0.000000172. The smallest absolute Gasteiger partial charge is 0.0919 e. The molecule has 1 N–H and O–H groups in total. The van der Waals surface area contributed by atoms with Gasteiger partial charge in [-0.05, 0) is 21.9 Å². The normalized spacial score (nSPS) is 10.7. The fourth-order valence-corrected chi connectivity index (χ4v) is 2.07. The van der Waals surface area contributed by atoms with E-state index in [1.807, 2.05) is 0 Å². The van der Waals surface area contributed by atoms with Crippen LogP contribution in [0.4, 0.5) is 0 Å². The minimum atomic E-state index is 0. The van der Waals surface area contributed by atoms with Crippen LogP contribution in [-0.2, 0) is 0 Å². The van der Waals surface area contributed by atoms with Gasteiger partial charge in [0.15, 0.2) is 0 Å². The molecule has 0 aliphatic heterocycles. The van der Waals surface area contributed by atoms with Crippen molar-refractivity contribution in [2.45, 2.75) is 0 Å². The summed E-state index contributed by atoms with van der Waals surface area (Å²) in [4.78, 5) is 6.42. The molecule has 0 unspecified atom stereocenters. The molecule has 3 heteroatoms. The van der Waals surface area contributed by atoms with Crippen LogP contribution in [0.3, 0.4) is 0 Å². The highest BCUT2D eigenvalue weighted by Crippen LogP contribution is 2.30. The molecule has 2 nitrogen and oxygen atoms in total. The number of halogens is 1. The molecule has 4 rings (SSSR count). The van der Waals surface area contributed by atoms with E-state index in [4.69, 9.17) is 0 Å². The zero-order valence-electron chi connectivity index (χ0n) is 9.71. The van der Waals surface area contributed by atoms with Gasteiger partial charge < -0.3 is 4.98 Å². The molecule has 1 aromatic heterocycles. The number of imidazole rings is 1. The number of hydrogen-bond donors (Lipinski definition) is 1. The molecule has 0 bridgehead atoms. The highest BCUT2D eigenvalue weighted by molar-refractivity contribution is 6.04. The second kappa shape index (κ2) is 5.52. The number of aromatic amines is 1. The van der Waals surface area contributed by atoms with E-state index >= 15 is 0 Å². The van der Waals surface area contributed by atoms with Gasteiger partial charge in [0.2, 0.25) is 0 Å². The Bertz CT molecular complexity index is 599. The molecule has 0 amide bonds. The first-order chi connectivity index (χ1) is 8.45. The Morgan fingerprint density at radius 3 is 2.00 bits per heavy atom. The van der Waals surface area contributed by atoms with Crippen molar-refractivity contribution in [3.8, 4) is 0 Å². The molecular formula is C15H13ClN2. The van der Waals surface area contributed by atoms with Gasteiger partial charge in [0.05, 0.1) is 6.33 Å². The maximum Gasteiger partial charge on any atom is 0.0919 e. The predicted octanol–water partition coefficient (Wildman–Crippen LogP) is 4.16. The number of aromatic nitrogens is 2. The molecule has 0 fully saturated rings. The highest BCUT2D eigenvalue weighted by atomic mass is 35.5. The Morgan fingerprint density at radius 1 is 0.889 bits per heavy atom. The number of nitrogens with zero attached hydrogens (tertiary/aromatic N) is 1. The number of rotatable bonds is 0. The standard InChI is InChI=1S/C12H8.C3H4N2.ClH/c1-3-9-4-2-6-11-8-7-10(5-1)12(9)11;1-2-5-3-4-1;/h1-8H;1-3H,(H,4,5);1H. The van der Waals surface area contributed by atoms with Crippen LogP contribution in [0.1, 0.15) is 11.1 Å². The third-order valence-corrected chi connectivity index (χ3v) is 2.82. The summed E-state index contributed by atoms with van der Waals surface area (Å²) >= 11 is 0. The van der Waals surface area contributed by atoms with Crippen molar-refractivity contribution in [3.05, 3.63) is 66.2 Å². The van der Waals surface area contributed by atoms with Crippen LogP contribution in [0.15, 0.2) is 55.1 Å². The molecule has 3 aromatic rings. The summed E-state index contributed by atoms with van der Waals surface area (Å²) in [6, 6.07) is 12.9. The van der Waals surface area contributed by atoms with E-state index in [0.29, 0.717) is 0 Å². The first-order valence-electron chi connectivity index (χ1n) is 5.58. The molecule has 0 spiro atoms. The molecule has 1 aliphatic carbocycles. The summed E-state index contributed by atoms with van der Waals surface area (Å²) in [5.41, 5.74) is 2.70. The zero-order valence-corrected chi connectivity index (χ0v) is 10.5. The van der Waals surface area contributed by atoms with E-state index in [0.717, 1.165) is 0 Å². The van der Waals surface area contributed by atoms with E-state index in [-0.39, 0.29) is 12.4 Å². The second-order valence-electron chi connectivity index (χ2n) is 3.89. The first kappa shape index (κ1) is 12.4. The summed E-state index contributed by atoms with van der Waals surface area (Å²) in [5.74, 6) is 0. The lowest BCUT2D eigenvalue weighted by atomic mass is 10.0. The summed E-state index contributed by atoms with van der Waals surface area (Å²) in [6.45, 7) is 0. The lowest BCUT2D eigenvalue weighted by molar-refractivity contribution is 1.31. The van der Waals surface area contributed by atoms with E-state index in [1.165, 1.54) is 21.9 Å². The second-order valence-corrected chi connectivity index (χ2v) is 3.89. The van der Waals surface area contributed by atoms with Crippen molar-refractivity contribution in [2.75, 3.05) is 0 Å². The topological polar surface area (TPSA) is 28.7 Å². The third kappa shape index (κ3) is 2.29. The number of hydrogen-bond acceptors (Lipinski definition) is 1. The molecule has 90 valence electrons. The van der Waals surface area contributed by atoms with Gasteiger partial charge in [-0.1, -0.05) is 48.6 Å². The van der Waals surface area contributed by atoms with Crippen LogP contribution >= 0.6 is 12.4 Å². The quantitative estimate of drug-likeness (QED) is 0.503. The van der Waals surface area contributed by atoms with Crippen molar-refractivity contribution in [1.82, 2.24) is 9.97 Å². The molecule has 0 saturated heterocycles. The fraction of sp³-hybridized carbons (Fsp3) is 0. The Morgan fingerprint density at radius 2 is 1.56 bits per heavy atom. The zero-order chi connectivity index (χ0) is 11.5. The molecule has 18 heavy (non-hydrogen) atoms. The van der Waals surface area contributed by atoms with Crippen molar-refractivity contribution >= 4 is 35.3 Å². The van der Waals surface area contributed by atoms with Crippen molar-refractivity contribution in [2.24, 2.45) is 0 Å². The summed E-state index contributed by atoms with van der Waals surface area (Å²) in [6.07, 6.45) is 9.44. The summed E-state index contributed by atoms with van der Waals surface area (Å²) in [7, 11) is 0. The van der Waals surface area contributed by atoms with Crippen LogP contribution < -0.4 is 0 Å². The average molecular weight is 257 g/mol. The minimum absolute atomic E-state index is 0.